The highest BCUT2D eigenvalue weighted by atomic mass is 32.2. The van der Waals surface area contributed by atoms with Gasteiger partial charge in [-0.3, -0.25) is 9.59 Å². The molecule has 1 atom stereocenters. The van der Waals surface area contributed by atoms with Crippen LogP contribution in [0.5, 0.6) is 0 Å². The lowest BCUT2D eigenvalue weighted by molar-refractivity contribution is -0.153. The molecular formula is C20H20FN3O3S. The number of esters is 1. The van der Waals surface area contributed by atoms with Crippen molar-refractivity contribution >= 4 is 40.4 Å². The molecular weight excluding hydrogens is 381 g/mol. The summed E-state index contributed by atoms with van der Waals surface area (Å²) < 4.78 is 20.3. The molecule has 2 aromatic carbocycles. The first kappa shape index (κ1) is 19.9. The van der Waals surface area contributed by atoms with Crippen molar-refractivity contribution in [2.75, 3.05) is 11.6 Å². The molecule has 0 radical (unpaired) electrons. The maximum Gasteiger partial charge on any atom is 0.326 e. The van der Waals surface area contributed by atoms with E-state index in [1.807, 2.05) is 30.5 Å². The van der Waals surface area contributed by atoms with E-state index in [2.05, 4.69) is 10.3 Å². The van der Waals surface area contributed by atoms with Gasteiger partial charge >= 0.3 is 5.97 Å². The number of fused-ring (bicyclic) bond motifs is 1. The number of rotatable bonds is 7. The van der Waals surface area contributed by atoms with Crippen LogP contribution in [0.25, 0.3) is 11.0 Å². The number of halogens is 1. The molecule has 0 aliphatic rings. The number of thioether (sulfide) groups is 1. The van der Waals surface area contributed by atoms with Gasteiger partial charge in [0.05, 0.1) is 16.8 Å². The van der Waals surface area contributed by atoms with E-state index in [1.54, 1.807) is 22.4 Å². The molecule has 0 unspecified atom stereocenters. The highest BCUT2D eigenvalue weighted by Crippen LogP contribution is 2.19. The first-order valence-electron chi connectivity index (χ1n) is 8.67. The summed E-state index contributed by atoms with van der Waals surface area (Å²) in [6, 6.07) is 13.1. The van der Waals surface area contributed by atoms with Crippen LogP contribution < -0.4 is 5.32 Å². The molecule has 1 aromatic heterocycles. The molecule has 3 aromatic rings. The number of nitrogens with zero attached hydrogens (tertiary/aromatic N) is 2. The van der Waals surface area contributed by atoms with Crippen LogP contribution in [0.1, 0.15) is 12.7 Å². The summed E-state index contributed by atoms with van der Waals surface area (Å²) in [6.45, 7) is 1.43. The van der Waals surface area contributed by atoms with Gasteiger partial charge in [0, 0.05) is 5.69 Å². The first-order valence-corrected chi connectivity index (χ1v) is 10.1. The Morgan fingerprint density at radius 3 is 2.79 bits per heavy atom. The number of imidazole rings is 1. The zero-order valence-electron chi connectivity index (χ0n) is 15.5. The van der Waals surface area contributed by atoms with Crippen molar-refractivity contribution in [2.24, 2.45) is 0 Å². The Kier molecular flexibility index (Phi) is 6.30. The van der Waals surface area contributed by atoms with Crippen LogP contribution in [0.2, 0.25) is 0 Å². The molecule has 0 bridgehead atoms. The number of carbonyl (C=O) groups excluding carboxylic acids is 2. The van der Waals surface area contributed by atoms with Crippen molar-refractivity contribution in [3.8, 4) is 0 Å². The van der Waals surface area contributed by atoms with Crippen molar-refractivity contribution in [2.45, 2.75) is 25.3 Å². The maximum atomic E-state index is 13.2. The molecule has 0 spiro atoms. The smallest absolute Gasteiger partial charge is 0.326 e. The van der Waals surface area contributed by atoms with Crippen LogP contribution in [-0.2, 0) is 26.6 Å². The van der Waals surface area contributed by atoms with Gasteiger partial charge in [-0.15, -0.1) is 0 Å². The Morgan fingerprint density at radius 2 is 2.04 bits per heavy atom. The van der Waals surface area contributed by atoms with Gasteiger partial charge in [-0.05, 0) is 43.5 Å². The standard InChI is InChI=1S/C20H20FN3O3S/c1-13(20(26)22-15-7-5-6-14(21)10-15)27-19(25)11-24-17-9-4-3-8-16(17)23-18(24)12-28-2/h3-10,13H,11-12H2,1-2H3,(H,22,26)/t13-/m1/s1. The molecule has 146 valence electrons. The molecule has 0 saturated carbocycles. The highest BCUT2D eigenvalue weighted by molar-refractivity contribution is 7.97. The van der Waals surface area contributed by atoms with E-state index in [0.717, 1.165) is 16.9 Å². The molecule has 0 aliphatic carbocycles. The quantitative estimate of drug-likeness (QED) is 0.613. The third kappa shape index (κ3) is 4.69. The van der Waals surface area contributed by atoms with Gasteiger partial charge in [-0.2, -0.15) is 11.8 Å². The van der Waals surface area contributed by atoms with Gasteiger partial charge in [0.1, 0.15) is 18.2 Å². The van der Waals surface area contributed by atoms with Crippen molar-refractivity contribution in [1.29, 1.82) is 0 Å². The monoisotopic (exact) mass is 401 g/mol. The molecule has 1 heterocycles. The molecule has 1 amide bonds. The average Bonchev–Trinajstić information content (AvgIpc) is 2.99. The zero-order valence-corrected chi connectivity index (χ0v) is 16.3. The molecule has 3 rings (SSSR count). The number of benzene rings is 2. The Labute approximate surface area is 166 Å². The number of anilines is 1. The SMILES string of the molecule is CSCc1nc2ccccc2n1CC(=O)O[C@H](C)C(=O)Nc1cccc(F)c1. The Hall–Kier alpha value is -2.87. The molecule has 28 heavy (non-hydrogen) atoms. The first-order chi connectivity index (χ1) is 13.5. The summed E-state index contributed by atoms with van der Waals surface area (Å²) in [5.74, 6) is -0.123. The lowest BCUT2D eigenvalue weighted by Crippen LogP contribution is -2.31. The molecule has 1 N–H and O–H groups in total. The van der Waals surface area contributed by atoms with Crippen LogP contribution in [0, 0.1) is 5.82 Å². The topological polar surface area (TPSA) is 73.2 Å². The van der Waals surface area contributed by atoms with Crippen molar-refractivity contribution in [1.82, 2.24) is 9.55 Å². The summed E-state index contributed by atoms with van der Waals surface area (Å²) in [7, 11) is 0. The second-order valence-electron chi connectivity index (χ2n) is 6.17. The molecule has 0 aliphatic heterocycles. The van der Waals surface area contributed by atoms with Gasteiger partial charge < -0.3 is 14.6 Å². The second-order valence-corrected chi connectivity index (χ2v) is 7.03. The van der Waals surface area contributed by atoms with Crippen molar-refractivity contribution in [3.05, 3.63) is 60.2 Å². The lowest BCUT2D eigenvalue weighted by atomic mass is 10.3. The number of hydrogen-bond acceptors (Lipinski definition) is 5. The van der Waals surface area contributed by atoms with Gasteiger partial charge in [-0.25, -0.2) is 9.37 Å². The molecule has 0 saturated heterocycles. The van der Waals surface area contributed by atoms with E-state index in [0.29, 0.717) is 11.4 Å². The van der Waals surface area contributed by atoms with Crippen LogP contribution >= 0.6 is 11.8 Å². The summed E-state index contributed by atoms with van der Waals surface area (Å²) in [5.41, 5.74) is 1.94. The fourth-order valence-corrected chi connectivity index (χ4v) is 3.25. The van der Waals surface area contributed by atoms with E-state index in [1.165, 1.54) is 25.1 Å². The van der Waals surface area contributed by atoms with Crippen molar-refractivity contribution in [3.63, 3.8) is 0 Å². The fraction of sp³-hybridized carbons (Fsp3) is 0.250. The van der Waals surface area contributed by atoms with Crippen LogP contribution in [-0.4, -0.2) is 33.8 Å². The predicted octanol–water partition coefficient (Wildman–Crippen LogP) is 3.61. The van der Waals surface area contributed by atoms with E-state index >= 15 is 0 Å². The average molecular weight is 401 g/mol. The summed E-state index contributed by atoms with van der Waals surface area (Å²) in [5, 5.41) is 2.53. The lowest BCUT2D eigenvalue weighted by Gasteiger charge is -2.15. The Morgan fingerprint density at radius 1 is 1.25 bits per heavy atom. The largest absolute Gasteiger partial charge is 0.451 e. The zero-order chi connectivity index (χ0) is 20.1. The van der Waals surface area contributed by atoms with Gasteiger partial charge in [0.15, 0.2) is 6.10 Å². The van der Waals surface area contributed by atoms with Crippen LogP contribution in [0.4, 0.5) is 10.1 Å². The number of carbonyl (C=O) groups is 2. The highest BCUT2D eigenvalue weighted by Gasteiger charge is 2.20. The molecule has 6 nitrogen and oxygen atoms in total. The number of para-hydroxylation sites is 2. The van der Waals surface area contributed by atoms with E-state index in [-0.39, 0.29) is 6.54 Å². The minimum Gasteiger partial charge on any atom is -0.451 e. The van der Waals surface area contributed by atoms with E-state index in [4.69, 9.17) is 4.74 Å². The molecule has 8 heteroatoms. The minimum absolute atomic E-state index is 0.0476. The number of hydrogen-bond donors (Lipinski definition) is 1. The van der Waals surface area contributed by atoms with Gasteiger partial charge in [0.25, 0.3) is 5.91 Å². The van der Waals surface area contributed by atoms with E-state index in [9.17, 15) is 14.0 Å². The third-order valence-corrected chi connectivity index (χ3v) is 4.61. The van der Waals surface area contributed by atoms with Crippen LogP contribution in [0.3, 0.4) is 0 Å². The Bertz CT molecular complexity index is 1010. The van der Waals surface area contributed by atoms with Gasteiger partial charge in [-0.1, -0.05) is 18.2 Å². The number of amides is 1. The van der Waals surface area contributed by atoms with Crippen LogP contribution in [0.15, 0.2) is 48.5 Å². The maximum absolute atomic E-state index is 13.2. The summed E-state index contributed by atoms with van der Waals surface area (Å²) >= 11 is 1.60. The van der Waals surface area contributed by atoms with Crippen molar-refractivity contribution < 1.29 is 18.7 Å². The van der Waals surface area contributed by atoms with Gasteiger partial charge in [0.2, 0.25) is 0 Å². The molecule has 0 fully saturated rings. The summed E-state index contributed by atoms with van der Waals surface area (Å²) in [6.07, 6.45) is 0.940. The fourth-order valence-electron chi connectivity index (χ4n) is 2.77. The third-order valence-electron chi connectivity index (χ3n) is 4.06. The number of ether oxygens (including phenoxy) is 1. The van der Waals surface area contributed by atoms with E-state index < -0.39 is 23.8 Å². The minimum atomic E-state index is -1.02. The number of aromatic nitrogens is 2. The predicted molar refractivity (Wildman–Crippen MR) is 108 cm³/mol. The number of nitrogens with one attached hydrogen (secondary N) is 1. The second kappa shape index (κ2) is 8.88. The Balaban J connectivity index is 1.67. The normalized spacial score (nSPS) is 12.0. The summed E-state index contributed by atoms with van der Waals surface area (Å²) in [4.78, 5) is 29.2.